The predicted molar refractivity (Wildman–Crippen MR) is 128 cm³/mol. The number of amides is 4. The van der Waals surface area contributed by atoms with Crippen LogP contribution in [-0.4, -0.2) is 22.4 Å². The zero-order valence-electron chi connectivity index (χ0n) is 17.3. The summed E-state index contributed by atoms with van der Waals surface area (Å²) in [5.41, 5.74) is 4.74. The summed E-state index contributed by atoms with van der Waals surface area (Å²) in [6.45, 7) is 5.72. The minimum atomic E-state index is -0.745. The quantitative estimate of drug-likeness (QED) is 0.307. The molecule has 31 heavy (non-hydrogen) atoms. The van der Waals surface area contributed by atoms with Crippen molar-refractivity contribution >= 4 is 52.2 Å². The van der Waals surface area contributed by atoms with Gasteiger partial charge >= 0.3 is 6.03 Å². The van der Waals surface area contributed by atoms with Crippen LogP contribution in [0, 0.1) is 24.3 Å². The summed E-state index contributed by atoms with van der Waals surface area (Å²) in [7, 11) is 0. The average Bonchev–Trinajstić information content (AvgIpc) is 3.00. The van der Waals surface area contributed by atoms with Crippen LogP contribution in [0.25, 0.3) is 11.8 Å². The third kappa shape index (κ3) is 3.81. The van der Waals surface area contributed by atoms with E-state index in [0.717, 1.165) is 36.7 Å². The Kier molecular flexibility index (Phi) is 5.53. The van der Waals surface area contributed by atoms with Gasteiger partial charge in [-0.25, -0.2) is 9.69 Å². The van der Waals surface area contributed by atoms with Gasteiger partial charge in [0, 0.05) is 20.6 Å². The summed E-state index contributed by atoms with van der Waals surface area (Å²) in [5.74, 6) is -1.33. The molecule has 1 aromatic heterocycles. The molecule has 0 spiro atoms. The summed E-state index contributed by atoms with van der Waals surface area (Å²) in [6, 6.07) is 16.3. The first-order valence-corrected chi connectivity index (χ1v) is 10.8. The highest BCUT2D eigenvalue weighted by molar-refractivity contribution is 14.1. The SMILES string of the molecule is Cc1ccccc1N1C(=O)NC(=O)/C(=C\c2cc(C)n(-c3ccc(I)cc3)c2C)C1=O. The molecule has 1 aliphatic heterocycles. The van der Waals surface area contributed by atoms with Crippen LogP contribution in [-0.2, 0) is 9.59 Å². The van der Waals surface area contributed by atoms with Crippen LogP contribution < -0.4 is 10.2 Å². The van der Waals surface area contributed by atoms with Crippen LogP contribution in [0.3, 0.4) is 0 Å². The zero-order valence-corrected chi connectivity index (χ0v) is 19.4. The lowest BCUT2D eigenvalue weighted by Gasteiger charge is -2.27. The first-order valence-electron chi connectivity index (χ1n) is 9.70. The molecule has 1 saturated heterocycles. The molecule has 0 saturated carbocycles. The lowest BCUT2D eigenvalue weighted by Crippen LogP contribution is -2.54. The van der Waals surface area contributed by atoms with Gasteiger partial charge in [-0.05, 0) is 97.0 Å². The first-order chi connectivity index (χ1) is 14.8. The lowest BCUT2D eigenvalue weighted by atomic mass is 10.1. The van der Waals surface area contributed by atoms with Gasteiger partial charge in [-0.2, -0.15) is 0 Å². The molecule has 0 atom stereocenters. The summed E-state index contributed by atoms with van der Waals surface area (Å²) in [5, 5.41) is 2.29. The van der Waals surface area contributed by atoms with Crippen molar-refractivity contribution in [1.29, 1.82) is 0 Å². The summed E-state index contributed by atoms with van der Waals surface area (Å²) in [4.78, 5) is 39.2. The topological polar surface area (TPSA) is 71.4 Å². The monoisotopic (exact) mass is 525 g/mol. The van der Waals surface area contributed by atoms with Crippen molar-refractivity contribution in [3.05, 3.63) is 86.3 Å². The van der Waals surface area contributed by atoms with E-state index in [-0.39, 0.29) is 5.57 Å². The van der Waals surface area contributed by atoms with E-state index in [1.807, 2.05) is 63.2 Å². The molecule has 1 aliphatic rings. The van der Waals surface area contributed by atoms with Crippen LogP contribution in [0.15, 0.2) is 60.2 Å². The Labute approximate surface area is 193 Å². The number of aromatic nitrogens is 1. The second-order valence-corrected chi connectivity index (χ2v) is 8.63. The van der Waals surface area contributed by atoms with Gasteiger partial charge in [-0.15, -0.1) is 0 Å². The van der Waals surface area contributed by atoms with Gasteiger partial charge < -0.3 is 4.57 Å². The number of imide groups is 2. The number of anilines is 1. The number of para-hydroxylation sites is 1. The maximum Gasteiger partial charge on any atom is 0.335 e. The molecule has 0 aliphatic carbocycles. The Hall–Kier alpha value is -3.20. The standard InChI is InChI=1S/C24H20IN3O3/c1-14-6-4-5-7-21(14)28-23(30)20(22(29)26-24(28)31)13-17-12-15(2)27(16(17)3)19-10-8-18(25)9-11-19/h4-13H,1-3H3,(H,26,29,31)/b20-13+. The molecule has 7 heteroatoms. The minimum Gasteiger partial charge on any atom is -0.318 e. The van der Waals surface area contributed by atoms with Crippen LogP contribution in [0.1, 0.15) is 22.5 Å². The summed E-state index contributed by atoms with van der Waals surface area (Å²) >= 11 is 2.26. The van der Waals surface area contributed by atoms with Crippen molar-refractivity contribution in [2.75, 3.05) is 4.90 Å². The van der Waals surface area contributed by atoms with E-state index < -0.39 is 17.8 Å². The fourth-order valence-electron chi connectivity index (χ4n) is 3.77. The number of hydrogen-bond acceptors (Lipinski definition) is 3. The third-order valence-electron chi connectivity index (χ3n) is 5.31. The van der Waals surface area contributed by atoms with Crippen LogP contribution in [0.2, 0.25) is 0 Å². The van der Waals surface area contributed by atoms with Crippen LogP contribution in [0.4, 0.5) is 10.5 Å². The third-order valence-corrected chi connectivity index (χ3v) is 6.03. The molecule has 2 heterocycles. The van der Waals surface area contributed by atoms with E-state index in [4.69, 9.17) is 0 Å². The highest BCUT2D eigenvalue weighted by Crippen LogP contribution is 2.27. The Morgan fingerprint density at radius 2 is 1.61 bits per heavy atom. The van der Waals surface area contributed by atoms with Crippen molar-refractivity contribution in [1.82, 2.24) is 9.88 Å². The van der Waals surface area contributed by atoms with Gasteiger partial charge in [0.25, 0.3) is 11.8 Å². The molecule has 2 aromatic carbocycles. The maximum atomic E-state index is 13.2. The minimum absolute atomic E-state index is 0.0780. The second kappa shape index (κ2) is 8.14. The Bertz CT molecular complexity index is 1260. The van der Waals surface area contributed by atoms with Gasteiger partial charge in [-0.1, -0.05) is 18.2 Å². The van der Waals surface area contributed by atoms with E-state index >= 15 is 0 Å². The summed E-state index contributed by atoms with van der Waals surface area (Å²) in [6.07, 6.45) is 1.56. The number of nitrogens with zero attached hydrogens (tertiary/aromatic N) is 2. The Morgan fingerprint density at radius 1 is 0.935 bits per heavy atom. The van der Waals surface area contributed by atoms with Gasteiger partial charge in [-0.3, -0.25) is 14.9 Å². The molecular weight excluding hydrogens is 505 g/mol. The number of nitrogens with one attached hydrogen (secondary N) is 1. The number of benzene rings is 2. The number of halogens is 1. The first kappa shape index (κ1) is 21.0. The van der Waals surface area contributed by atoms with Crippen molar-refractivity contribution in [3.8, 4) is 5.69 Å². The van der Waals surface area contributed by atoms with Gasteiger partial charge in [0.2, 0.25) is 0 Å². The number of barbiturate groups is 1. The molecule has 0 radical (unpaired) electrons. The number of urea groups is 1. The van der Waals surface area contributed by atoms with Crippen LogP contribution in [0.5, 0.6) is 0 Å². The molecule has 0 bridgehead atoms. The summed E-state index contributed by atoms with van der Waals surface area (Å²) < 4.78 is 3.20. The lowest BCUT2D eigenvalue weighted by molar-refractivity contribution is -0.122. The molecule has 1 N–H and O–H groups in total. The zero-order chi connectivity index (χ0) is 22.3. The molecule has 156 valence electrons. The van der Waals surface area contributed by atoms with Crippen molar-refractivity contribution in [3.63, 3.8) is 0 Å². The molecule has 0 unspecified atom stereocenters. The fourth-order valence-corrected chi connectivity index (χ4v) is 4.13. The normalized spacial score (nSPS) is 15.5. The van der Waals surface area contributed by atoms with Crippen LogP contribution >= 0.6 is 22.6 Å². The Balaban J connectivity index is 1.77. The van der Waals surface area contributed by atoms with Crippen molar-refractivity contribution in [2.24, 2.45) is 0 Å². The molecule has 4 amide bonds. The molecule has 4 rings (SSSR count). The van der Waals surface area contributed by atoms with Gasteiger partial charge in [0.1, 0.15) is 5.57 Å². The van der Waals surface area contributed by atoms with Gasteiger partial charge in [0.15, 0.2) is 0 Å². The smallest absolute Gasteiger partial charge is 0.318 e. The highest BCUT2D eigenvalue weighted by atomic mass is 127. The maximum absolute atomic E-state index is 13.2. The number of carbonyl (C=O) groups excluding carboxylic acids is 3. The van der Waals surface area contributed by atoms with E-state index in [2.05, 4.69) is 32.5 Å². The van der Waals surface area contributed by atoms with Gasteiger partial charge in [0.05, 0.1) is 5.69 Å². The number of carbonyl (C=O) groups is 3. The van der Waals surface area contributed by atoms with E-state index in [1.165, 1.54) is 0 Å². The molecule has 1 fully saturated rings. The molecular formula is C24H20IN3O3. The van der Waals surface area contributed by atoms with Crippen molar-refractivity contribution < 1.29 is 14.4 Å². The number of hydrogen-bond donors (Lipinski definition) is 1. The largest absolute Gasteiger partial charge is 0.335 e. The van der Waals surface area contributed by atoms with E-state index in [1.54, 1.807) is 18.2 Å². The number of aryl methyl sites for hydroxylation is 2. The van der Waals surface area contributed by atoms with E-state index in [9.17, 15) is 14.4 Å². The van der Waals surface area contributed by atoms with E-state index in [0.29, 0.717) is 5.69 Å². The number of rotatable bonds is 3. The van der Waals surface area contributed by atoms with Crippen molar-refractivity contribution in [2.45, 2.75) is 20.8 Å². The average molecular weight is 525 g/mol. The molecule has 3 aromatic rings. The molecule has 6 nitrogen and oxygen atoms in total. The second-order valence-electron chi connectivity index (χ2n) is 7.38. The predicted octanol–water partition coefficient (Wildman–Crippen LogP) is 4.67. The highest BCUT2D eigenvalue weighted by Gasteiger charge is 2.37. The fraction of sp³-hybridized carbons (Fsp3) is 0.125. The Morgan fingerprint density at radius 3 is 2.29 bits per heavy atom.